The molecule has 0 bridgehead atoms. The van der Waals surface area contributed by atoms with Gasteiger partial charge in [-0.25, -0.2) is 0 Å². The molecule has 12 heavy (non-hydrogen) atoms. The standard InChI is InChI=1S/C10H7NO/c1-7-9(6-11)8-4-2-3-5-10(8)12-7/h2-5H,1H3. The van der Waals surface area contributed by atoms with E-state index in [1.165, 1.54) is 0 Å². The van der Waals surface area contributed by atoms with Crippen LogP contribution in [-0.4, -0.2) is 0 Å². The summed E-state index contributed by atoms with van der Waals surface area (Å²) in [6, 6.07) is 9.68. The number of aryl methyl sites for hydroxylation is 1. The zero-order valence-corrected chi connectivity index (χ0v) is 6.66. The Hall–Kier alpha value is -1.75. The Morgan fingerprint density at radius 3 is 2.83 bits per heavy atom. The molecular weight excluding hydrogens is 150 g/mol. The summed E-state index contributed by atoms with van der Waals surface area (Å²) in [5.74, 6) is 0.693. The lowest BCUT2D eigenvalue weighted by molar-refractivity contribution is 0.577. The summed E-state index contributed by atoms with van der Waals surface area (Å²) >= 11 is 0. The van der Waals surface area contributed by atoms with Crippen molar-refractivity contribution in [3.05, 3.63) is 35.6 Å². The minimum Gasteiger partial charge on any atom is -0.460 e. The van der Waals surface area contributed by atoms with Crippen LogP contribution in [0.1, 0.15) is 11.3 Å². The SMILES string of the molecule is Cc1oc2ccccc2c1C#N. The minimum absolute atomic E-state index is 0.644. The van der Waals surface area contributed by atoms with E-state index in [9.17, 15) is 0 Å². The highest BCUT2D eigenvalue weighted by Crippen LogP contribution is 2.23. The van der Waals surface area contributed by atoms with E-state index < -0.39 is 0 Å². The number of nitrogens with zero attached hydrogens (tertiary/aromatic N) is 1. The molecule has 1 heterocycles. The van der Waals surface area contributed by atoms with E-state index in [1.807, 2.05) is 24.3 Å². The van der Waals surface area contributed by atoms with Gasteiger partial charge in [0.1, 0.15) is 23.0 Å². The van der Waals surface area contributed by atoms with Crippen molar-refractivity contribution >= 4 is 11.0 Å². The predicted molar refractivity (Wildman–Crippen MR) is 45.7 cm³/mol. The zero-order chi connectivity index (χ0) is 8.55. The Morgan fingerprint density at radius 1 is 1.33 bits per heavy atom. The Labute approximate surface area is 70.0 Å². The van der Waals surface area contributed by atoms with Crippen LogP contribution < -0.4 is 0 Å². The molecule has 0 aliphatic carbocycles. The summed E-state index contributed by atoms with van der Waals surface area (Å²) in [6.07, 6.45) is 0. The van der Waals surface area contributed by atoms with E-state index in [0.29, 0.717) is 11.3 Å². The third-order valence-electron chi connectivity index (χ3n) is 1.88. The van der Waals surface area contributed by atoms with Gasteiger partial charge in [-0.15, -0.1) is 0 Å². The van der Waals surface area contributed by atoms with Gasteiger partial charge in [-0.2, -0.15) is 5.26 Å². The Bertz CT molecular complexity index is 462. The van der Waals surface area contributed by atoms with Gasteiger partial charge >= 0.3 is 0 Å². The number of benzene rings is 1. The smallest absolute Gasteiger partial charge is 0.135 e. The van der Waals surface area contributed by atoms with Crippen molar-refractivity contribution < 1.29 is 4.42 Å². The first-order valence-corrected chi connectivity index (χ1v) is 3.71. The van der Waals surface area contributed by atoms with Crippen molar-refractivity contribution in [3.8, 4) is 6.07 Å². The van der Waals surface area contributed by atoms with Gasteiger partial charge in [0.05, 0.1) is 0 Å². The molecule has 2 rings (SSSR count). The molecule has 58 valence electrons. The normalized spacial score (nSPS) is 10.0. The summed E-state index contributed by atoms with van der Waals surface area (Å²) in [5.41, 5.74) is 1.43. The maximum atomic E-state index is 8.80. The molecule has 1 aromatic carbocycles. The molecule has 2 nitrogen and oxygen atoms in total. The van der Waals surface area contributed by atoms with Crippen LogP contribution in [0.15, 0.2) is 28.7 Å². The fourth-order valence-corrected chi connectivity index (χ4v) is 1.31. The number of hydrogen-bond acceptors (Lipinski definition) is 2. The molecule has 0 unspecified atom stereocenters. The summed E-state index contributed by atoms with van der Waals surface area (Å²) in [6.45, 7) is 1.80. The maximum absolute atomic E-state index is 8.80. The van der Waals surface area contributed by atoms with Crippen LogP contribution in [0.5, 0.6) is 0 Å². The van der Waals surface area contributed by atoms with Crippen molar-refractivity contribution in [1.82, 2.24) is 0 Å². The topological polar surface area (TPSA) is 36.9 Å². The Morgan fingerprint density at radius 2 is 2.08 bits per heavy atom. The molecule has 0 N–H and O–H groups in total. The fraction of sp³-hybridized carbons (Fsp3) is 0.100. The number of furan rings is 1. The maximum Gasteiger partial charge on any atom is 0.135 e. The highest BCUT2D eigenvalue weighted by Gasteiger charge is 2.07. The van der Waals surface area contributed by atoms with Gasteiger partial charge in [-0.3, -0.25) is 0 Å². The molecular formula is C10H7NO. The first kappa shape index (κ1) is 6.93. The largest absolute Gasteiger partial charge is 0.460 e. The Kier molecular flexibility index (Phi) is 1.38. The minimum atomic E-state index is 0.644. The molecule has 2 aromatic rings. The predicted octanol–water partition coefficient (Wildman–Crippen LogP) is 2.61. The molecule has 1 aromatic heterocycles. The third-order valence-corrected chi connectivity index (χ3v) is 1.88. The number of para-hydroxylation sites is 1. The number of fused-ring (bicyclic) bond motifs is 1. The van der Waals surface area contributed by atoms with E-state index in [1.54, 1.807) is 6.92 Å². The van der Waals surface area contributed by atoms with Crippen LogP contribution in [-0.2, 0) is 0 Å². The lowest BCUT2D eigenvalue weighted by Crippen LogP contribution is -1.71. The fourth-order valence-electron chi connectivity index (χ4n) is 1.31. The van der Waals surface area contributed by atoms with Gasteiger partial charge in [0.25, 0.3) is 0 Å². The van der Waals surface area contributed by atoms with E-state index >= 15 is 0 Å². The average Bonchev–Trinajstić information content (AvgIpc) is 2.40. The van der Waals surface area contributed by atoms with Gasteiger partial charge in [0.2, 0.25) is 0 Å². The van der Waals surface area contributed by atoms with Crippen LogP contribution in [0.25, 0.3) is 11.0 Å². The van der Waals surface area contributed by atoms with E-state index in [2.05, 4.69) is 6.07 Å². The zero-order valence-electron chi connectivity index (χ0n) is 6.66. The van der Waals surface area contributed by atoms with Crippen LogP contribution >= 0.6 is 0 Å². The summed E-state index contributed by atoms with van der Waals surface area (Å²) in [4.78, 5) is 0. The van der Waals surface area contributed by atoms with Crippen LogP contribution in [0, 0.1) is 18.3 Å². The van der Waals surface area contributed by atoms with Crippen LogP contribution in [0.2, 0.25) is 0 Å². The summed E-state index contributed by atoms with van der Waals surface area (Å²) in [5, 5.41) is 9.70. The van der Waals surface area contributed by atoms with Crippen molar-refractivity contribution in [2.75, 3.05) is 0 Å². The summed E-state index contributed by atoms with van der Waals surface area (Å²) in [7, 11) is 0. The second kappa shape index (κ2) is 2.38. The van der Waals surface area contributed by atoms with Crippen LogP contribution in [0.4, 0.5) is 0 Å². The van der Waals surface area contributed by atoms with Crippen molar-refractivity contribution in [2.45, 2.75) is 6.92 Å². The first-order valence-electron chi connectivity index (χ1n) is 3.71. The molecule has 0 aliphatic rings. The molecule has 0 atom stereocenters. The number of rotatable bonds is 0. The van der Waals surface area contributed by atoms with Gasteiger partial charge in [0.15, 0.2) is 0 Å². The highest BCUT2D eigenvalue weighted by atomic mass is 16.3. The molecule has 0 radical (unpaired) electrons. The average molecular weight is 157 g/mol. The lowest BCUT2D eigenvalue weighted by Gasteiger charge is -1.83. The first-order chi connectivity index (χ1) is 5.83. The highest BCUT2D eigenvalue weighted by molar-refractivity contribution is 5.84. The monoisotopic (exact) mass is 157 g/mol. The molecule has 0 saturated carbocycles. The van der Waals surface area contributed by atoms with Gasteiger partial charge in [-0.1, -0.05) is 12.1 Å². The van der Waals surface area contributed by atoms with Crippen molar-refractivity contribution in [3.63, 3.8) is 0 Å². The van der Waals surface area contributed by atoms with E-state index in [0.717, 1.165) is 11.0 Å². The van der Waals surface area contributed by atoms with Gasteiger partial charge in [0, 0.05) is 5.39 Å². The lowest BCUT2D eigenvalue weighted by atomic mass is 10.1. The number of hydrogen-bond donors (Lipinski definition) is 0. The Balaban J connectivity index is 2.93. The molecule has 0 amide bonds. The quantitative estimate of drug-likeness (QED) is 0.589. The second-order valence-electron chi connectivity index (χ2n) is 2.64. The third kappa shape index (κ3) is 0.802. The van der Waals surface area contributed by atoms with Crippen molar-refractivity contribution in [2.24, 2.45) is 0 Å². The van der Waals surface area contributed by atoms with Crippen molar-refractivity contribution in [1.29, 1.82) is 5.26 Å². The van der Waals surface area contributed by atoms with Gasteiger partial charge in [-0.05, 0) is 19.1 Å². The van der Waals surface area contributed by atoms with E-state index in [4.69, 9.17) is 9.68 Å². The van der Waals surface area contributed by atoms with E-state index in [-0.39, 0.29) is 0 Å². The molecule has 0 aliphatic heterocycles. The molecule has 0 saturated heterocycles. The number of nitriles is 1. The van der Waals surface area contributed by atoms with Crippen LogP contribution in [0.3, 0.4) is 0 Å². The molecule has 0 fully saturated rings. The second-order valence-corrected chi connectivity index (χ2v) is 2.64. The van der Waals surface area contributed by atoms with Gasteiger partial charge < -0.3 is 4.42 Å². The molecule has 0 spiro atoms. The summed E-state index contributed by atoms with van der Waals surface area (Å²) < 4.78 is 5.37. The molecule has 2 heteroatoms.